The van der Waals surface area contributed by atoms with Crippen molar-refractivity contribution < 1.29 is 15.0 Å². The predicted octanol–water partition coefficient (Wildman–Crippen LogP) is 13.0. The summed E-state index contributed by atoms with van der Waals surface area (Å²) in [6.07, 6.45) is 52.5. The van der Waals surface area contributed by atoms with Gasteiger partial charge in [-0.1, -0.05) is 192 Å². The number of carbonyl (C=O) groups is 1. The number of hydrogen-bond donors (Lipinski definition) is 3. The standard InChI is InChI=1S/C44H83NO3/c1-3-5-7-9-11-13-15-17-19-21-22-23-24-25-27-29-31-33-35-37-39-43(47)42(41-46)45-44(48)40-38-36-34-32-30-28-26-20-18-16-14-12-10-8-6-4-2/h20,26,29,31,37,39,42-43,46-47H,3-19,21-25,27-28,30,32-36,38,40-41H2,1-2H3,(H,45,48)/b26-20-,31-29+,39-37+. The molecule has 4 heteroatoms. The maximum Gasteiger partial charge on any atom is 0.220 e. The molecule has 48 heavy (non-hydrogen) atoms. The Kier molecular flexibility index (Phi) is 38.9. The van der Waals surface area contributed by atoms with E-state index in [2.05, 4.69) is 43.5 Å². The van der Waals surface area contributed by atoms with Crippen LogP contribution >= 0.6 is 0 Å². The fourth-order valence-electron chi connectivity index (χ4n) is 6.31. The Bertz CT molecular complexity index is 731. The molecule has 1 amide bonds. The first-order valence-corrected chi connectivity index (χ1v) is 21.2. The van der Waals surface area contributed by atoms with Gasteiger partial charge in [-0.3, -0.25) is 4.79 Å². The zero-order chi connectivity index (χ0) is 35.0. The van der Waals surface area contributed by atoms with Crippen LogP contribution < -0.4 is 5.32 Å². The average molecular weight is 674 g/mol. The minimum absolute atomic E-state index is 0.0822. The Labute approximate surface area is 300 Å². The Hall–Kier alpha value is -1.39. The van der Waals surface area contributed by atoms with Crippen molar-refractivity contribution >= 4 is 5.91 Å². The molecule has 0 spiro atoms. The van der Waals surface area contributed by atoms with Crippen LogP contribution in [0.3, 0.4) is 0 Å². The van der Waals surface area contributed by atoms with Crippen molar-refractivity contribution in [1.29, 1.82) is 0 Å². The van der Waals surface area contributed by atoms with E-state index in [1.807, 2.05) is 6.08 Å². The highest BCUT2D eigenvalue weighted by Gasteiger charge is 2.17. The van der Waals surface area contributed by atoms with Crippen LogP contribution in [0.1, 0.15) is 219 Å². The van der Waals surface area contributed by atoms with Crippen molar-refractivity contribution in [3.63, 3.8) is 0 Å². The zero-order valence-electron chi connectivity index (χ0n) is 32.3. The monoisotopic (exact) mass is 674 g/mol. The fraction of sp³-hybridized carbons (Fsp3) is 0.841. The summed E-state index contributed by atoms with van der Waals surface area (Å²) in [6, 6.07) is -0.641. The van der Waals surface area contributed by atoms with Crippen molar-refractivity contribution in [2.45, 2.75) is 231 Å². The van der Waals surface area contributed by atoms with Gasteiger partial charge in [-0.05, 0) is 57.8 Å². The number of amides is 1. The maximum atomic E-state index is 12.3. The van der Waals surface area contributed by atoms with Crippen LogP contribution in [0.5, 0.6) is 0 Å². The van der Waals surface area contributed by atoms with Gasteiger partial charge in [-0.25, -0.2) is 0 Å². The summed E-state index contributed by atoms with van der Waals surface area (Å²) >= 11 is 0. The Morgan fingerprint density at radius 2 is 0.812 bits per heavy atom. The number of carbonyl (C=O) groups excluding carboxylic acids is 1. The van der Waals surface area contributed by atoms with Gasteiger partial charge in [0, 0.05) is 6.42 Å². The Balaban J connectivity index is 3.63. The molecule has 0 aliphatic heterocycles. The molecule has 0 aromatic heterocycles. The van der Waals surface area contributed by atoms with Crippen molar-refractivity contribution in [3.05, 3.63) is 36.5 Å². The van der Waals surface area contributed by atoms with Crippen LogP contribution in [0.4, 0.5) is 0 Å². The minimum Gasteiger partial charge on any atom is -0.394 e. The first-order valence-electron chi connectivity index (χ1n) is 21.2. The highest BCUT2D eigenvalue weighted by atomic mass is 16.3. The van der Waals surface area contributed by atoms with Crippen LogP contribution in [-0.2, 0) is 4.79 Å². The molecule has 0 saturated heterocycles. The molecular weight excluding hydrogens is 590 g/mol. The van der Waals surface area contributed by atoms with E-state index in [0.717, 1.165) is 44.9 Å². The highest BCUT2D eigenvalue weighted by Crippen LogP contribution is 2.14. The van der Waals surface area contributed by atoms with Crippen molar-refractivity contribution in [2.75, 3.05) is 6.61 Å². The SMILES string of the molecule is CCCCCCCCC/C=C\CCCCCCCC(=O)NC(CO)C(O)/C=C/CC/C=C/CCCCCCCCCCCCCCCC. The van der Waals surface area contributed by atoms with Crippen LogP contribution in [0.25, 0.3) is 0 Å². The molecule has 0 saturated carbocycles. The van der Waals surface area contributed by atoms with E-state index in [9.17, 15) is 15.0 Å². The molecule has 2 atom stereocenters. The van der Waals surface area contributed by atoms with Gasteiger partial charge in [0.15, 0.2) is 0 Å². The first kappa shape index (κ1) is 46.6. The number of unbranched alkanes of at least 4 members (excludes halogenated alkanes) is 27. The Morgan fingerprint density at radius 3 is 1.21 bits per heavy atom. The van der Waals surface area contributed by atoms with Gasteiger partial charge >= 0.3 is 0 Å². The molecule has 282 valence electrons. The topological polar surface area (TPSA) is 69.6 Å². The van der Waals surface area contributed by atoms with E-state index >= 15 is 0 Å². The van der Waals surface area contributed by atoms with Crippen molar-refractivity contribution in [1.82, 2.24) is 5.32 Å². The van der Waals surface area contributed by atoms with Crippen LogP contribution in [0, 0.1) is 0 Å². The average Bonchev–Trinajstić information content (AvgIpc) is 3.09. The number of hydrogen-bond acceptors (Lipinski definition) is 3. The molecule has 3 N–H and O–H groups in total. The summed E-state index contributed by atoms with van der Waals surface area (Å²) in [7, 11) is 0. The van der Waals surface area contributed by atoms with Crippen molar-refractivity contribution in [2.24, 2.45) is 0 Å². The third-order valence-electron chi connectivity index (χ3n) is 9.60. The van der Waals surface area contributed by atoms with Crippen LogP contribution in [0.2, 0.25) is 0 Å². The normalized spacial score (nSPS) is 13.3. The summed E-state index contributed by atoms with van der Waals surface area (Å²) in [5.41, 5.74) is 0. The number of aliphatic hydroxyl groups excluding tert-OH is 2. The number of rotatable bonds is 38. The zero-order valence-corrected chi connectivity index (χ0v) is 32.3. The lowest BCUT2D eigenvalue weighted by Crippen LogP contribution is -2.45. The van der Waals surface area contributed by atoms with Crippen molar-refractivity contribution in [3.8, 4) is 0 Å². The maximum absolute atomic E-state index is 12.3. The molecule has 2 unspecified atom stereocenters. The first-order chi connectivity index (χ1) is 23.7. The lowest BCUT2D eigenvalue weighted by Gasteiger charge is -2.19. The summed E-state index contributed by atoms with van der Waals surface area (Å²) in [6.45, 7) is 4.29. The minimum atomic E-state index is -0.864. The molecule has 0 aromatic rings. The predicted molar refractivity (Wildman–Crippen MR) is 212 cm³/mol. The second-order valence-corrected chi connectivity index (χ2v) is 14.4. The molecule has 0 radical (unpaired) electrons. The van der Waals surface area contributed by atoms with E-state index in [1.165, 1.54) is 154 Å². The third kappa shape index (κ3) is 35.9. The molecule has 0 rings (SSSR count). The third-order valence-corrected chi connectivity index (χ3v) is 9.60. The molecular formula is C44H83NO3. The summed E-state index contributed by atoms with van der Waals surface area (Å²) in [5, 5.41) is 23.0. The van der Waals surface area contributed by atoms with Gasteiger partial charge in [0.2, 0.25) is 5.91 Å². The summed E-state index contributed by atoms with van der Waals surface area (Å²) < 4.78 is 0. The lowest BCUT2D eigenvalue weighted by molar-refractivity contribution is -0.123. The van der Waals surface area contributed by atoms with Crippen LogP contribution in [0.15, 0.2) is 36.5 Å². The molecule has 0 aliphatic rings. The second kappa shape index (κ2) is 40.0. The number of aliphatic hydroxyl groups is 2. The van der Waals surface area contributed by atoms with E-state index in [-0.39, 0.29) is 12.5 Å². The van der Waals surface area contributed by atoms with Gasteiger partial charge in [0.1, 0.15) is 0 Å². The smallest absolute Gasteiger partial charge is 0.220 e. The molecule has 0 bridgehead atoms. The molecule has 0 aromatic carbocycles. The van der Waals surface area contributed by atoms with E-state index in [4.69, 9.17) is 0 Å². The van der Waals surface area contributed by atoms with E-state index in [1.54, 1.807) is 6.08 Å². The number of nitrogens with one attached hydrogen (secondary N) is 1. The largest absolute Gasteiger partial charge is 0.394 e. The van der Waals surface area contributed by atoms with Gasteiger partial charge < -0.3 is 15.5 Å². The van der Waals surface area contributed by atoms with Gasteiger partial charge in [0.05, 0.1) is 18.8 Å². The molecule has 4 nitrogen and oxygen atoms in total. The molecule has 0 heterocycles. The lowest BCUT2D eigenvalue weighted by atomic mass is 10.0. The van der Waals surface area contributed by atoms with Gasteiger partial charge in [-0.2, -0.15) is 0 Å². The Morgan fingerprint density at radius 1 is 0.479 bits per heavy atom. The summed E-state index contributed by atoms with van der Waals surface area (Å²) in [4.78, 5) is 12.3. The molecule has 0 fully saturated rings. The fourth-order valence-corrected chi connectivity index (χ4v) is 6.31. The number of allylic oxidation sites excluding steroid dienone is 5. The van der Waals surface area contributed by atoms with Crippen LogP contribution in [-0.4, -0.2) is 34.9 Å². The summed E-state index contributed by atoms with van der Waals surface area (Å²) in [5.74, 6) is -0.0822. The van der Waals surface area contributed by atoms with Gasteiger partial charge in [-0.15, -0.1) is 0 Å². The van der Waals surface area contributed by atoms with Gasteiger partial charge in [0.25, 0.3) is 0 Å². The van der Waals surface area contributed by atoms with E-state index in [0.29, 0.717) is 6.42 Å². The quantitative estimate of drug-likeness (QED) is 0.0451. The molecule has 0 aliphatic carbocycles. The van der Waals surface area contributed by atoms with E-state index < -0.39 is 12.1 Å². The highest BCUT2D eigenvalue weighted by molar-refractivity contribution is 5.76. The second-order valence-electron chi connectivity index (χ2n) is 14.4.